The van der Waals surface area contributed by atoms with Crippen molar-refractivity contribution < 1.29 is 19.8 Å². The molecule has 184 valence electrons. The van der Waals surface area contributed by atoms with Gasteiger partial charge in [-0.1, -0.05) is 136 Å². The van der Waals surface area contributed by atoms with Gasteiger partial charge in [-0.2, -0.15) is 0 Å². The van der Waals surface area contributed by atoms with Crippen LogP contribution >= 0.6 is 0 Å². The van der Waals surface area contributed by atoms with Gasteiger partial charge in [-0.3, -0.25) is 9.59 Å². The van der Waals surface area contributed by atoms with Crippen LogP contribution in [0.4, 0.5) is 0 Å². The molecule has 2 N–H and O–H groups in total. The fourth-order valence-corrected chi connectivity index (χ4v) is 4.52. The number of unbranched alkanes of at least 4 members (excludes halogenated alkanes) is 17. The third kappa shape index (κ3) is 18.2. The van der Waals surface area contributed by atoms with Gasteiger partial charge in [-0.15, -0.1) is 0 Å². The van der Waals surface area contributed by atoms with Crippen LogP contribution in [0.2, 0.25) is 0 Å². The van der Waals surface area contributed by atoms with Crippen LogP contribution in [0.1, 0.15) is 149 Å². The van der Waals surface area contributed by atoms with Gasteiger partial charge in [0.2, 0.25) is 0 Å². The summed E-state index contributed by atoms with van der Waals surface area (Å²) in [6, 6.07) is 0. The average Bonchev–Trinajstić information content (AvgIpc) is 2.74. The van der Waals surface area contributed by atoms with Crippen molar-refractivity contribution in [2.45, 2.75) is 149 Å². The molecule has 4 nitrogen and oxygen atoms in total. The van der Waals surface area contributed by atoms with Crippen molar-refractivity contribution in [1.29, 1.82) is 0 Å². The Morgan fingerprint density at radius 1 is 0.452 bits per heavy atom. The highest BCUT2D eigenvalue weighted by Crippen LogP contribution is 2.26. The molecule has 0 saturated carbocycles. The molecule has 2 atom stereocenters. The molecule has 0 aliphatic heterocycles. The van der Waals surface area contributed by atoms with Crippen LogP contribution in [-0.4, -0.2) is 22.2 Å². The average molecular weight is 441 g/mol. The van der Waals surface area contributed by atoms with Gasteiger partial charge >= 0.3 is 11.9 Å². The van der Waals surface area contributed by atoms with Crippen molar-refractivity contribution in [2.75, 3.05) is 0 Å². The molecule has 0 aliphatic rings. The van der Waals surface area contributed by atoms with E-state index in [-0.39, 0.29) is 0 Å². The second kappa shape index (κ2) is 22.1. The standard InChI is InChI=1S/C27H52O4/c1-3-5-7-9-11-13-14-15-17-19-21-23-25(27(30)31)24(26(28)29)22-20-18-16-12-10-8-6-4-2/h24-25H,3-23H2,1-2H3,(H,28,29)(H,30,31). The van der Waals surface area contributed by atoms with E-state index in [4.69, 9.17) is 0 Å². The predicted molar refractivity (Wildman–Crippen MR) is 131 cm³/mol. The third-order valence-electron chi connectivity index (χ3n) is 6.61. The zero-order valence-corrected chi connectivity index (χ0v) is 20.7. The summed E-state index contributed by atoms with van der Waals surface area (Å²) >= 11 is 0. The second-order valence-electron chi connectivity index (χ2n) is 9.48. The van der Waals surface area contributed by atoms with E-state index in [1.807, 2.05) is 0 Å². The molecule has 31 heavy (non-hydrogen) atoms. The first-order valence-corrected chi connectivity index (χ1v) is 13.5. The number of rotatable bonds is 24. The summed E-state index contributed by atoms with van der Waals surface area (Å²) in [6.07, 6.45) is 23.7. The van der Waals surface area contributed by atoms with E-state index in [1.165, 1.54) is 83.5 Å². The van der Waals surface area contributed by atoms with Crippen molar-refractivity contribution in [1.82, 2.24) is 0 Å². The summed E-state index contributed by atoms with van der Waals surface area (Å²) < 4.78 is 0. The molecule has 0 saturated heterocycles. The molecular formula is C27H52O4. The van der Waals surface area contributed by atoms with Crippen molar-refractivity contribution >= 4 is 11.9 Å². The first-order valence-electron chi connectivity index (χ1n) is 13.5. The Labute approximate surface area is 192 Å². The topological polar surface area (TPSA) is 74.6 Å². The summed E-state index contributed by atoms with van der Waals surface area (Å²) in [4.78, 5) is 23.5. The minimum atomic E-state index is -0.932. The molecular weight excluding hydrogens is 388 g/mol. The van der Waals surface area contributed by atoms with Gasteiger partial charge in [0.25, 0.3) is 0 Å². The van der Waals surface area contributed by atoms with E-state index >= 15 is 0 Å². The fraction of sp³-hybridized carbons (Fsp3) is 0.926. The monoisotopic (exact) mass is 440 g/mol. The first kappa shape index (κ1) is 29.9. The smallest absolute Gasteiger partial charge is 0.307 e. The van der Waals surface area contributed by atoms with E-state index in [1.54, 1.807) is 0 Å². The molecule has 0 rings (SSSR count). The SMILES string of the molecule is CCCCCCCCCCCCCC(C(=O)O)C(CCCCCCCCCC)C(=O)O. The Morgan fingerprint density at radius 3 is 0.903 bits per heavy atom. The maximum Gasteiger partial charge on any atom is 0.307 e. The van der Waals surface area contributed by atoms with E-state index in [0.29, 0.717) is 12.8 Å². The fourth-order valence-electron chi connectivity index (χ4n) is 4.52. The van der Waals surface area contributed by atoms with Crippen LogP contribution in [-0.2, 0) is 9.59 Å². The minimum absolute atomic E-state index is 0.499. The Balaban J connectivity index is 3.98. The van der Waals surface area contributed by atoms with E-state index < -0.39 is 23.8 Å². The van der Waals surface area contributed by atoms with Gasteiger partial charge in [-0.25, -0.2) is 0 Å². The summed E-state index contributed by atoms with van der Waals surface area (Å²) in [5, 5.41) is 19.2. The van der Waals surface area contributed by atoms with Gasteiger partial charge in [0, 0.05) is 0 Å². The quantitative estimate of drug-likeness (QED) is 0.147. The molecule has 0 aromatic rings. The van der Waals surface area contributed by atoms with Crippen LogP contribution in [0.15, 0.2) is 0 Å². The molecule has 0 fully saturated rings. The maximum absolute atomic E-state index is 11.7. The van der Waals surface area contributed by atoms with Crippen LogP contribution in [0, 0.1) is 11.8 Å². The van der Waals surface area contributed by atoms with Crippen LogP contribution in [0.5, 0.6) is 0 Å². The highest BCUT2D eigenvalue weighted by atomic mass is 16.4. The molecule has 0 bridgehead atoms. The highest BCUT2D eigenvalue weighted by Gasteiger charge is 2.32. The Bertz CT molecular complexity index is 421. The maximum atomic E-state index is 11.7. The number of carbonyl (C=O) groups is 2. The van der Waals surface area contributed by atoms with Crippen LogP contribution < -0.4 is 0 Å². The van der Waals surface area contributed by atoms with Crippen molar-refractivity contribution in [2.24, 2.45) is 11.8 Å². The highest BCUT2D eigenvalue weighted by molar-refractivity contribution is 5.79. The molecule has 0 amide bonds. The van der Waals surface area contributed by atoms with Crippen molar-refractivity contribution in [3.63, 3.8) is 0 Å². The predicted octanol–water partition coefficient (Wildman–Crippen LogP) is 8.62. The number of hydrogen-bond acceptors (Lipinski definition) is 2. The summed E-state index contributed by atoms with van der Waals surface area (Å²) in [5.74, 6) is -3.33. The molecule has 2 unspecified atom stereocenters. The molecule has 0 heterocycles. The number of hydrogen-bond donors (Lipinski definition) is 2. The minimum Gasteiger partial charge on any atom is -0.481 e. The van der Waals surface area contributed by atoms with Crippen LogP contribution in [0.25, 0.3) is 0 Å². The lowest BCUT2D eigenvalue weighted by Gasteiger charge is -2.20. The Morgan fingerprint density at radius 2 is 0.677 bits per heavy atom. The largest absolute Gasteiger partial charge is 0.481 e. The van der Waals surface area contributed by atoms with E-state index in [0.717, 1.165) is 38.5 Å². The lowest BCUT2D eigenvalue weighted by Crippen LogP contribution is -2.30. The third-order valence-corrected chi connectivity index (χ3v) is 6.61. The Hall–Kier alpha value is -1.06. The van der Waals surface area contributed by atoms with Crippen molar-refractivity contribution in [3.8, 4) is 0 Å². The second-order valence-corrected chi connectivity index (χ2v) is 9.48. The molecule has 0 spiro atoms. The number of carboxylic acid groups (broad SMARTS) is 2. The summed E-state index contributed by atoms with van der Waals surface area (Å²) in [5.41, 5.74) is 0. The summed E-state index contributed by atoms with van der Waals surface area (Å²) in [6.45, 7) is 4.45. The van der Waals surface area contributed by atoms with Crippen LogP contribution in [0.3, 0.4) is 0 Å². The number of aliphatic carboxylic acids is 2. The summed E-state index contributed by atoms with van der Waals surface area (Å²) in [7, 11) is 0. The van der Waals surface area contributed by atoms with E-state index in [9.17, 15) is 19.8 Å². The zero-order valence-electron chi connectivity index (χ0n) is 20.7. The molecule has 0 aromatic carbocycles. The van der Waals surface area contributed by atoms with Gasteiger partial charge in [0.15, 0.2) is 0 Å². The van der Waals surface area contributed by atoms with Gasteiger partial charge < -0.3 is 10.2 Å². The van der Waals surface area contributed by atoms with E-state index in [2.05, 4.69) is 13.8 Å². The molecule has 4 heteroatoms. The van der Waals surface area contributed by atoms with Gasteiger partial charge in [0.1, 0.15) is 0 Å². The molecule has 0 radical (unpaired) electrons. The first-order chi connectivity index (χ1) is 15.0. The van der Waals surface area contributed by atoms with Crippen molar-refractivity contribution in [3.05, 3.63) is 0 Å². The molecule has 0 aliphatic carbocycles. The lowest BCUT2D eigenvalue weighted by atomic mass is 9.84. The van der Waals surface area contributed by atoms with Gasteiger partial charge in [0.05, 0.1) is 11.8 Å². The zero-order chi connectivity index (χ0) is 23.2. The molecule has 0 aromatic heterocycles. The van der Waals surface area contributed by atoms with Gasteiger partial charge in [-0.05, 0) is 12.8 Å². The lowest BCUT2D eigenvalue weighted by molar-refractivity contribution is -0.154. The Kier molecular flexibility index (Phi) is 21.4. The normalized spacial score (nSPS) is 13.2. The number of carboxylic acids is 2.